The largest absolute Gasteiger partial charge is 0.392 e. The molecule has 2 aromatic carbocycles. The number of hydrogen-bond donors (Lipinski definition) is 3. The number of aromatic nitrogens is 2. The Morgan fingerprint density at radius 1 is 0.861 bits per heavy atom. The monoisotopic (exact) mass is 510 g/mol. The number of ether oxygens (including phenoxy) is 2. The molecule has 0 spiro atoms. The van der Waals surface area contributed by atoms with E-state index in [1.807, 2.05) is 18.2 Å². The summed E-state index contributed by atoms with van der Waals surface area (Å²) >= 11 is 6.16. The van der Waals surface area contributed by atoms with E-state index >= 15 is 0 Å². The van der Waals surface area contributed by atoms with E-state index in [1.165, 1.54) is 0 Å². The van der Waals surface area contributed by atoms with E-state index in [9.17, 15) is 5.11 Å². The van der Waals surface area contributed by atoms with Gasteiger partial charge in [-0.3, -0.25) is 0 Å². The zero-order valence-corrected chi connectivity index (χ0v) is 20.9. The summed E-state index contributed by atoms with van der Waals surface area (Å²) < 4.78 is 11.1. The Balaban J connectivity index is 1.33. The van der Waals surface area contributed by atoms with E-state index < -0.39 is 0 Å². The van der Waals surface area contributed by atoms with Crippen LogP contribution in [0.2, 0.25) is 5.02 Å². The van der Waals surface area contributed by atoms with E-state index in [4.69, 9.17) is 26.1 Å². The molecule has 2 aliphatic rings. The molecule has 3 N–H and O–H groups in total. The number of nitrogens with one attached hydrogen (secondary N) is 2. The lowest BCUT2D eigenvalue weighted by Crippen LogP contribution is -2.38. The summed E-state index contributed by atoms with van der Waals surface area (Å²) in [6, 6.07) is 13.9. The standard InChI is InChI=1S/C26H31ClN6O3/c27-20-11-19(18-34)12-22(13-20)29-17-21-1-2-28-26(30-21)31-23-14-24(32-3-7-35-8-4-32)16-25(15-23)33-5-9-36-10-6-33/h1-2,11-16,29,34H,3-10,17-18H2,(H,28,30,31). The van der Waals surface area contributed by atoms with Crippen molar-refractivity contribution in [1.29, 1.82) is 0 Å². The van der Waals surface area contributed by atoms with Crippen LogP contribution in [-0.4, -0.2) is 67.7 Å². The van der Waals surface area contributed by atoms with Crippen LogP contribution in [0.25, 0.3) is 0 Å². The van der Waals surface area contributed by atoms with Gasteiger partial charge in [-0.1, -0.05) is 11.6 Å². The van der Waals surface area contributed by atoms with Crippen molar-refractivity contribution in [3.8, 4) is 0 Å². The summed E-state index contributed by atoms with van der Waals surface area (Å²) in [4.78, 5) is 13.8. The summed E-state index contributed by atoms with van der Waals surface area (Å²) in [6.45, 7) is 6.82. The molecule has 2 saturated heterocycles. The second-order valence-corrected chi connectivity index (χ2v) is 9.23. The zero-order valence-electron chi connectivity index (χ0n) is 20.1. The third kappa shape index (κ3) is 6.36. The van der Waals surface area contributed by atoms with Gasteiger partial charge >= 0.3 is 0 Å². The van der Waals surface area contributed by atoms with Gasteiger partial charge in [0.15, 0.2) is 0 Å². The predicted molar refractivity (Wildman–Crippen MR) is 143 cm³/mol. The molecule has 0 bridgehead atoms. The van der Waals surface area contributed by atoms with Crippen LogP contribution in [0.15, 0.2) is 48.7 Å². The Labute approximate surface area is 216 Å². The molecule has 1 aromatic heterocycles. The molecule has 0 unspecified atom stereocenters. The highest BCUT2D eigenvalue weighted by atomic mass is 35.5. The number of halogens is 1. The SMILES string of the molecule is OCc1cc(Cl)cc(NCc2ccnc(Nc3cc(N4CCOCC4)cc(N4CCOCC4)c3)n2)c1. The van der Waals surface area contributed by atoms with Gasteiger partial charge in [-0.2, -0.15) is 0 Å². The van der Waals surface area contributed by atoms with Crippen molar-refractivity contribution in [3.63, 3.8) is 0 Å². The molecule has 0 aliphatic carbocycles. The molecule has 190 valence electrons. The average molecular weight is 511 g/mol. The zero-order chi connectivity index (χ0) is 24.7. The molecule has 3 heterocycles. The fraction of sp³-hybridized carbons (Fsp3) is 0.385. The average Bonchev–Trinajstić information content (AvgIpc) is 2.92. The maximum absolute atomic E-state index is 9.42. The molecule has 0 amide bonds. The predicted octanol–water partition coefficient (Wildman–Crippen LogP) is 3.65. The van der Waals surface area contributed by atoms with Crippen LogP contribution < -0.4 is 20.4 Å². The lowest BCUT2D eigenvalue weighted by molar-refractivity contribution is 0.122. The van der Waals surface area contributed by atoms with Gasteiger partial charge in [0.1, 0.15) is 0 Å². The topological polar surface area (TPSA) is 95.0 Å². The van der Waals surface area contributed by atoms with Crippen LogP contribution >= 0.6 is 11.6 Å². The summed E-state index contributed by atoms with van der Waals surface area (Å²) in [5, 5.41) is 16.7. The van der Waals surface area contributed by atoms with Crippen molar-refractivity contribution < 1.29 is 14.6 Å². The Bertz CT molecular complexity index is 1130. The van der Waals surface area contributed by atoms with Gasteiger partial charge in [0, 0.05) is 60.1 Å². The third-order valence-corrected chi connectivity index (χ3v) is 6.46. The van der Waals surface area contributed by atoms with Gasteiger partial charge in [-0.05, 0) is 48.0 Å². The van der Waals surface area contributed by atoms with Gasteiger partial charge in [-0.15, -0.1) is 0 Å². The highest BCUT2D eigenvalue weighted by Gasteiger charge is 2.17. The minimum Gasteiger partial charge on any atom is -0.392 e. The smallest absolute Gasteiger partial charge is 0.227 e. The van der Waals surface area contributed by atoms with E-state index in [1.54, 1.807) is 12.3 Å². The van der Waals surface area contributed by atoms with Gasteiger partial charge in [0.05, 0.1) is 45.3 Å². The molecular formula is C26H31ClN6O3. The summed E-state index contributed by atoms with van der Waals surface area (Å²) in [7, 11) is 0. The molecular weight excluding hydrogens is 480 g/mol. The maximum atomic E-state index is 9.42. The number of morpholine rings is 2. The van der Waals surface area contributed by atoms with Crippen LogP contribution in [0.5, 0.6) is 0 Å². The van der Waals surface area contributed by atoms with E-state index in [2.05, 4.69) is 43.6 Å². The van der Waals surface area contributed by atoms with E-state index in [-0.39, 0.29) is 6.61 Å². The van der Waals surface area contributed by atoms with Crippen molar-refractivity contribution in [1.82, 2.24) is 9.97 Å². The minimum atomic E-state index is -0.0627. The molecule has 2 aliphatic heterocycles. The molecule has 36 heavy (non-hydrogen) atoms. The Kier molecular flexibility index (Phi) is 8.02. The molecule has 0 saturated carbocycles. The van der Waals surface area contributed by atoms with Gasteiger partial charge < -0.3 is 35.0 Å². The molecule has 9 nitrogen and oxygen atoms in total. The lowest BCUT2D eigenvalue weighted by atomic mass is 10.2. The molecule has 0 radical (unpaired) electrons. The maximum Gasteiger partial charge on any atom is 0.227 e. The van der Waals surface area contributed by atoms with Crippen LogP contribution in [0.4, 0.5) is 28.7 Å². The number of nitrogens with zero attached hydrogens (tertiary/aromatic N) is 4. The number of anilines is 5. The first kappa shape index (κ1) is 24.6. The van der Waals surface area contributed by atoms with E-state index in [0.29, 0.717) is 17.5 Å². The summed E-state index contributed by atoms with van der Waals surface area (Å²) in [5.74, 6) is 0.531. The lowest BCUT2D eigenvalue weighted by Gasteiger charge is -2.33. The fourth-order valence-electron chi connectivity index (χ4n) is 4.40. The quantitative estimate of drug-likeness (QED) is 0.419. The van der Waals surface area contributed by atoms with Crippen LogP contribution in [0.1, 0.15) is 11.3 Å². The van der Waals surface area contributed by atoms with Crippen molar-refractivity contribution in [3.05, 3.63) is 64.9 Å². The third-order valence-electron chi connectivity index (χ3n) is 6.24. The van der Waals surface area contributed by atoms with Crippen molar-refractivity contribution in [2.75, 3.05) is 73.0 Å². The molecule has 3 aromatic rings. The number of aliphatic hydroxyl groups is 1. The second kappa shape index (κ2) is 11.7. The first-order valence-corrected chi connectivity index (χ1v) is 12.6. The number of rotatable bonds is 8. The Morgan fingerprint density at radius 3 is 2.17 bits per heavy atom. The number of benzene rings is 2. The minimum absolute atomic E-state index is 0.0627. The van der Waals surface area contributed by atoms with Gasteiger partial charge in [0.25, 0.3) is 0 Å². The second-order valence-electron chi connectivity index (χ2n) is 8.79. The van der Waals surface area contributed by atoms with Crippen LogP contribution in [-0.2, 0) is 22.6 Å². The highest BCUT2D eigenvalue weighted by Crippen LogP contribution is 2.30. The van der Waals surface area contributed by atoms with Crippen LogP contribution in [0, 0.1) is 0 Å². The Hall–Kier alpha value is -3.11. The summed E-state index contributed by atoms with van der Waals surface area (Å²) in [6.07, 6.45) is 1.75. The fourth-order valence-corrected chi connectivity index (χ4v) is 4.65. The van der Waals surface area contributed by atoms with E-state index in [0.717, 1.165) is 86.6 Å². The van der Waals surface area contributed by atoms with Crippen molar-refractivity contribution in [2.24, 2.45) is 0 Å². The van der Waals surface area contributed by atoms with Gasteiger partial charge in [0.2, 0.25) is 5.95 Å². The van der Waals surface area contributed by atoms with Crippen LogP contribution in [0.3, 0.4) is 0 Å². The Morgan fingerprint density at radius 2 is 1.53 bits per heavy atom. The van der Waals surface area contributed by atoms with Crippen molar-refractivity contribution in [2.45, 2.75) is 13.2 Å². The number of aliphatic hydroxyl groups excluding tert-OH is 1. The first-order chi connectivity index (χ1) is 17.7. The molecule has 0 atom stereocenters. The van der Waals surface area contributed by atoms with Gasteiger partial charge in [-0.25, -0.2) is 9.97 Å². The number of hydrogen-bond acceptors (Lipinski definition) is 9. The summed E-state index contributed by atoms with van der Waals surface area (Å²) in [5.41, 5.74) is 5.66. The molecule has 10 heteroatoms. The van der Waals surface area contributed by atoms with Crippen molar-refractivity contribution >= 4 is 40.3 Å². The highest BCUT2D eigenvalue weighted by molar-refractivity contribution is 6.30. The normalized spacial score (nSPS) is 16.2. The molecule has 5 rings (SSSR count). The molecule has 2 fully saturated rings. The first-order valence-electron chi connectivity index (χ1n) is 12.2.